The first-order valence-electron chi connectivity index (χ1n) is 6.30. The Bertz CT molecular complexity index is 536. The van der Waals surface area contributed by atoms with Crippen molar-refractivity contribution in [3.05, 3.63) is 33.8 Å². The lowest BCUT2D eigenvalue weighted by atomic mass is 10.1. The second-order valence-corrected chi connectivity index (χ2v) is 6.92. The molecule has 1 aromatic carbocycles. The number of amides is 1. The minimum Gasteiger partial charge on any atom is -0.338 e. The molecule has 1 unspecified atom stereocenters. The van der Waals surface area contributed by atoms with Gasteiger partial charge in [0.1, 0.15) is 0 Å². The second-order valence-electron chi connectivity index (χ2n) is 4.88. The molecule has 0 aromatic heterocycles. The molecule has 3 nitrogen and oxygen atoms in total. The lowest BCUT2D eigenvalue weighted by Crippen LogP contribution is -2.25. The number of likely N-dealkylation sites (tertiary alicyclic amines) is 1. The fraction of sp³-hybridized carbons (Fsp3) is 0.429. The third kappa shape index (κ3) is 4.14. The van der Waals surface area contributed by atoms with Crippen molar-refractivity contribution < 1.29 is 9.59 Å². The molecule has 1 heterocycles. The molecule has 1 aliphatic rings. The lowest BCUT2D eigenvalue weighted by molar-refractivity contribution is -0.128. The van der Waals surface area contributed by atoms with Crippen LogP contribution in [0.3, 0.4) is 0 Å². The summed E-state index contributed by atoms with van der Waals surface area (Å²) in [5, 5.41) is 1.26. The Balaban J connectivity index is 1.96. The highest BCUT2D eigenvalue weighted by Gasteiger charge is 2.30. The van der Waals surface area contributed by atoms with Crippen LogP contribution < -0.4 is 0 Å². The molecular weight excluding hydrogens is 317 g/mol. The number of halogens is 2. The monoisotopic (exact) mass is 331 g/mol. The summed E-state index contributed by atoms with van der Waals surface area (Å²) in [5.41, 5.74) is 0.893. The SMILES string of the molecule is CC(=O)SCC1CC(=O)N(Cc2ccc(Cl)cc2Cl)C1. The van der Waals surface area contributed by atoms with Gasteiger partial charge in [-0.3, -0.25) is 9.59 Å². The van der Waals surface area contributed by atoms with E-state index in [1.807, 2.05) is 6.07 Å². The molecule has 1 atom stereocenters. The van der Waals surface area contributed by atoms with Gasteiger partial charge in [0.2, 0.25) is 5.91 Å². The van der Waals surface area contributed by atoms with Crippen LogP contribution >= 0.6 is 35.0 Å². The Hall–Kier alpha value is -0.710. The van der Waals surface area contributed by atoms with E-state index in [0.717, 1.165) is 5.56 Å². The first kappa shape index (κ1) is 15.7. The zero-order valence-corrected chi connectivity index (χ0v) is 13.4. The van der Waals surface area contributed by atoms with Crippen molar-refractivity contribution in [2.75, 3.05) is 12.3 Å². The van der Waals surface area contributed by atoms with Crippen LogP contribution in [-0.4, -0.2) is 28.2 Å². The summed E-state index contributed by atoms with van der Waals surface area (Å²) >= 11 is 13.3. The molecule has 0 saturated carbocycles. The number of thioether (sulfide) groups is 1. The van der Waals surface area contributed by atoms with E-state index in [1.54, 1.807) is 24.0 Å². The summed E-state index contributed by atoms with van der Waals surface area (Å²) in [4.78, 5) is 24.7. The largest absolute Gasteiger partial charge is 0.338 e. The van der Waals surface area contributed by atoms with Crippen LogP contribution in [0, 0.1) is 5.92 Å². The molecule has 108 valence electrons. The Morgan fingerprint density at radius 3 is 2.85 bits per heavy atom. The molecule has 2 rings (SSSR count). The average Bonchev–Trinajstić information content (AvgIpc) is 2.71. The molecule has 1 aromatic rings. The third-order valence-electron chi connectivity index (χ3n) is 3.19. The van der Waals surface area contributed by atoms with Crippen LogP contribution in [0.15, 0.2) is 18.2 Å². The van der Waals surface area contributed by atoms with E-state index >= 15 is 0 Å². The fourth-order valence-electron chi connectivity index (χ4n) is 2.21. The van der Waals surface area contributed by atoms with Gasteiger partial charge in [-0.25, -0.2) is 0 Å². The van der Waals surface area contributed by atoms with E-state index in [0.29, 0.717) is 35.3 Å². The summed E-state index contributed by atoms with van der Waals surface area (Å²) < 4.78 is 0. The van der Waals surface area contributed by atoms with Gasteiger partial charge in [-0.05, 0) is 23.6 Å². The summed E-state index contributed by atoms with van der Waals surface area (Å²) in [7, 11) is 0. The van der Waals surface area contributed by atoms with E-state index in [9.17, 15) is 9.59 Å². The molecule has 1 fully saturated rings. The van der Waals surface area contributed by atoms with Gasteiger partial charge in [0, 0.05) is 42.2 Å². The Morgan fingerprint density at radius 2 is 2.20 bits per heavy atom. The van der Waals surface area contributed by atoms with Gasteiger partial charge in [-0.15, -0.1) is 0 Å². The Morgan fingerprint density at radius 1 is 1.45 bits per heavy atom. The predicted octanol–water partition coefficient (Wildman–Crippen LogP) is 3.62. The summed E-state index contributed by atoms with van der Waals surface area (Å²) in [6, 6.07) is 5.30. The van der Waals surface area contributed by atoms with Gasteiger partial charge in [0.25, 0.3) is 0 Å². The van der Waals surface area contributed by atoms with Crippen molar-refractivity contribution >= 4 is 46.0 Å². The highest BCUT2D eigenvalue weighted by atomic mass is 35.5. The van der Waals surface area contributed by atoms with Crippen molar-refractivity contribution in [1.29, 1.82) is 0 Å². The first-order valence-corrected chi connectivity index (χ1v) is 8.05. The van der Waals surface area contributed by atoms with Gasteiger partial charge < -0.3 is 4.90 Å². The minimum atomic E-state index is 0.0941. The fourth-order valence-corrected chi connectivity index (χ4v) is 3.37. The smallest absolute Gasteiger partial charge is 0.223 e. The molecule has 0 aliphatic carbocycles. The van der Waals surface area contributed by atoms with Crippen LogP contribution in [-0.2, 0) is 16.1 Å². The normalized spacial score (nSPS) is 18.6. The van der Waals surface area contributed by atoms with E-state index in [-0.39, 0.29) is 16.9 Å². The van der Waals surface area contributed by atoms with Gasteiger partial charge in [0.05, 0.1) is 0 Å². The number of nitrogens with zero attached hydrogens (tertiary/aromatic N) is 1. The van der Waals surface area contributed by atoms with Gasteiger partial charge in [-0.2, -0.15) is 0 Å². The minimum absolute atomic E-state index is 0.0941. The maximum absolute atomic E-state index is 12.0. The number of benzene rings is 1. The van der Waals surface area contributed by atoms with Gasteiger partial charge in [0.15, 0.2) is 5.12 Å². The molecule has 0 radical (unpaired) electrons. The van der Waals surface area contributed by atoms with Crippen LogP contribution in [0.25, 0.3) is 0 Å². The lowest BCUT2D eigenvalue weighted by Gasteiger charge is -2.17. The standard InChI is InChI=1S/C14H15Cl2NO2S/c1-9(18)20-8-10-4-14(19)17(6-10)7-11-2-3-12(15)5-13(11)16/h2-3,5,10H,4,6-8H2,1H3. The van der Waals surface area contributed by atoms with E-state index < -0.39 is 0 Å². The molecule has 20 heavy (non-hydrogen) atoms. The highest BCUT2D eigenvalue weighted by Crippen LogP contribution is 2.27. The van der Waals surface area contributed by atoms with Crippen molar-refractivity contribution in [2.24, 2.45) is 5.92 Å². The third-order valence-corrected chi connectivity index (χ3v) is 4.82. The van der Waals surface area contributed by atoms with E-state index in [1.165, 1.54) is 11.8 Å². The van der Waals surface area contributed by atoms with Crippen LogP contribution in [0.5, 0.6) is 0 Å². The quantitative estimate of drug-likeness (QED) is 0.845. The number of carbonyl (C=O) groups excluding carboxylic acids is 2. The molecule has 1 aliphatic heterocycles. The molecular formula is C14H15Cl2NO2S. The molecule has 0 spiro atoms. The van der Waals surface area contributed by atoms with Crippen LogP contribution in [0.1, 0.15) is 18.9 Å². The molecule has 0 N–H and O–H groups in total. The number of rotatable bonds is 4. The zero-order chi connectivity index (χ0) is 14.7. The van der Waals surface area contributed by atoms with Crippen LogP contribution in [0.2, 0.25) is 10.0 Å². The van der Waals surface area contributed by atoms with Crippen molar-refractivity contribution in [3.8, 4) is 0 Å². The van der Waals surface area contributed by atoms with Gasteiger partial charge in [-0.1, -0.05) is 41.0 Å². The topological polar surface area (TPSA) is 37.4 Å². The summed E-state index contributed by atoms with van der Waals surface area (Å²) in [5.74, 6) is 1.05. The maximum atomic E-state index is 12.0. The van der Waals surface area contributed by atoms with E-state index in [4.69, 9.17) is 23.2 Å². The van der Waals surface area contributed by atoms with Gasteiger partial charge >= 0.3 is 0 Å². The number of hydrogen-bond donors (Lipinski definition) is 0. The van der Waals surface area contributed by atoms with E-state index in [2.05, 4.69) is 0 Å². The molecule has 0 bridgehead atoms. The Kier molecular flexibility index (Phi) is 5.35. The molecule has 1 saturated heterocycles. The van der Waals surface area contributed by atoms with Crippen LogP contribution in [0.4, 0.5) is 0 Å². The highest BCUT2D eigenvalue weighted by molar-refractivity contribution is 8.13. The van der Waals surface area contributed by atoms with Crippen molar-refractivity contribution in [1.82, 2.24) is 4.90 Å². The second kappa shape index (κ2) is 6.83. The zero-order valence-electron chi connectivity index (χ0n) is 11.1. The first-order chi connectivity index (χ1) is 9.45. The Labute approximate surface area is 132 Å². The number of hydrogen-bond acceptors (Lipinski definition) is 3. The summed E-state index contributed by atoms with van der Waals surface area (Å²) in [6.07, 6.45) is 0.505. The maximum Gasteiger partial charge on any atom is 0.223 e. The molecule has 6 heteroatoms. The number of carbonyl (C=O) groups is 2. The average molecular weight is 332 g/mol. The summed E-state index contributed by atoms with van der Waals surface area (Å²) in [6.45, 7) is 2.72. The van der Waals surface area contributed by atoms with Crippen molar-refractivity contribution in [3.63, 3.8) is 0 Å². The molecule has 1 amide bonds. The van der Waals surface area contributed by atoms with Crippen molar-refractivity contribution in [2.45, 2.75) is 19.9 Å². The predicted molar refractivity (Wildman–Crippen MR) is 83.1 cm³/mol.